The SMILES string of the molecule is c1ccc(-c2cn3cc(-c4c5ccccc5c(-c5ccc6ccccc6c5)c5ccccc45)ccc3n2)cc1. The highest BCUT2D eigenvalue weighted by atomic mass is 15.0. The molecule has 2 nitrogen and oxygen atoms in total. The Morgan fingerprint density at radius 1 is 0.410 bits per heavy atom. The molecule has 0 fully saturated rings. The van der Waals surface area contributed by atoms with Crippen LogP contribution < -0.4 is 0 Å². The number of benzene rings is 6. The number of rotatable bonds is 3. The highest BCUT2D eigenvalue weighted by Crippen LogP contribution is 2.44. The molecule has 0 N–H and O–H groups in total. The number of pyridine rings is 1. The Hall–Kier alpha value is -5.21. The minimum Gasteiger partial charge on any atom is -0.306 e. The van der Waals surface area contributed by atoms with Gasteiger partial charge in [-0.2, -0.15) is 0 Å². The number of aromatic nitrogens is 2. The maximum absolute atomic E-state index is 4.88. The summed E-state index contributed by atoms with van der Waals surface area (Å²) >= 11 is 0. The van der Waals surface area contributed by atoms with Crippen LogP contribution in [0.5, 0.6) is 0 Å². The van der Waals surface area contributed by atoms with Gasteiger partial charge < -0.3 is 4.40 Å². The van der Waals surface area contributed by atoms with Crippen LogP contribution in [-0.2, 0) is 0 Å². The van der Waals surface area contributed by atoms with Crippen molar-refractivity contribution in [3.05, 3.63) is 146 Å². The zero-order valence-corrected chi connectivity index (χ0v) is 21.3. The number of nitrogens with zero attached hydrogens (tertiary/aromatic N) is 2. The van der Waals surface area contributed by atoms with Gasteiger partial charge in [0, 0.05) is 18.0 Å². The van der Waals surface area contributed by atoms with E-state index in [1.807, 2.05) is 6.07 Å². The van der Waals surface area contributed by atoms with Gasteiger partial charge >= 0.3 is 0 Å². The van der Waals surface area contributed by atoms with E-state index >= 15 is 0 Å². The third-order valence-corrected chi connectivity index (χ3v) is 7.78. The summed E-state index contributed by atoms with van der Waals surface area (Å²) < 4.78 is 2.15. The molecule has 0 bridgehead atoms. The van der Waals surface area contributed by atoms with Crippen molar-refractivity contribution in [2.45, 2.75) is 0 Å². The Labute approximate surface area is 226 Å². The van der Waals surface area contributed by atoms with Crippen molar-refractivity contribution in [1.29, 1.82) is 0 Å². The second-order valence-corrected chi connectivity index (χ2v) is 10.1. The predicted molar refractivity (Wildman–Crippen MR) is 164 cm³/mol. The second kappa shape index (κ2) is 8.68. The number of imidazole rings is 1. The van der Waals surface area contributed by atoms with Crippen molar-refractivity contribution in [2.75, 3.05) is 0 Å². The van der Waals surface area contributed by atoms with Crippen LogP contribution in [0.25, 0.3) is 71.5 Å². The van der Waals surface area contributed by atoms with Crippen molar-refractivity contribution < 1.29 is 0 Å². The van der Waals surface area contributed by atoms with Gasteiger partial charge in [0.1, 0.15) is 5.65 Å². The first-order valence-corrected chi connectivity index (χ1v) is 13.3. The summed E-state index contributed by atoms with van der Waals surface area (Å²) in [5.41, 5.74) is 8.00. The van der Waals surface area contributed by atoms with Gasteiger partial charge in [-0.3, -0.25) is 0 Å². The van der Waals surface area contributed by atoms with Crippen LogP contribution in [0, 0.1) is 0 Å². The van der Waals surface area contributed by atoms with Crippen LogP contribution in [0.1, 0.15) is 0 Å². The molecule has 6 aromatic carbocycles. The van der Waals surface area contributed by atoms with E-state index < -0.39 is 0 Å². The predicted octanol–water partition coefficient (Wildman–Crippen LogP) is 9.79. The highest BCUT2D eigenvalue weighted by Gasteiger charge is 2.17. The van der Waals surface area contributed by atoms with E-state index in [0.29, 0.717) is 0 Å². The largest absolute Gasteiger partial charge is 0.306 e. The summed E-state index contributed by atoms with van der Waals surface area (Å²) in [5.74, 6) is 0. The Morgan fingerprint density at radius 2 is 0.974 bits per heavy atom. The minimum atomic E-state index is 0.944. The lowest BCUT2D eigenvalue weighted by Gasteiger charge is -2.18. The van der Waals surface area contributed by atoms with Gasteiger partial charge in [-0.1, -0.05) is 115 Å². The van der Waals surface area contributed by atoms with E-state index in [1.165, 1.54) is 54.6 Å². The van der Waals surface area contributed by atoms with Crippen LogP contribution in [-0.4, -0.2) is 9.38 Å². The molecule has 182 valence electrons. The molecule has 0 saturated carbocycles. The topological polar surface area (TPSA) is 17.3 Å². The Bertz CT molecular complexity index is 2110. The zero-order chi connectivity index (χ0) is 25.8. The molecular weight excluding hydrogens is 472 g/mol. The molecule has 39 heavy (non-hydrogen) atoms. The third kappa shape index (κ3) is 3.53. The quantitative estimate of drug-likeness (QED) is 0.223. The molecular formula is C37H24N2. The fraction of sp³-hybridized carbons (Fsp3) is 0. The molecule has 0 saturated heterocycles. The summed E-state index contributed by atoms with van der Waals surface area (Å²) in [6, 6.07) is 47.7. The summed E-state index contributed by atoms with van der Waals surface area (Å²) in [7, 11) is 0. The Balaban J connectivity index is 1.40. The number of fused-ring (bicyclic) bond motifs is 4. The normalized spacial score (nSPS) is 11.6. The first kappa shape index (κ1) is 21.8. The fourth-order valence-corrected chi connectivity index (χ4v) is 5.98. The van der Waals surface area contributed by atoms with Gasteiger partial charge in [0.2, 0.25) is 0 Å². The molecule has 0 amide bonds. The van der Waals surface area contributed by atoms with E-state index in [0.717, 1.165) is 16.9 Å². The maximum Gasteiger partial charge on any atom is 0.137 e. The molecule has 2 aromatic heterocycles. The lowest BCUT2D eigenvalue weighted by molar-refractivity contribution is 1.19. The number of hydrogen-bond acceptors (Lipinski definition) is 1. The van der Waals surface area contributed by atoms with E-state index in [9.17, 15) is 0 Å². The van der Waals surface area contributed by atoms with Crippen molar-refractivity contribution in [3.63, 3.8) is 0 Å². The fourth-order valence-electron chi connectivity index (χ4n) is 5.98. The molecule has 0 aliphatic rings. The molecule has 8 rings (SSSR count). The minimum absolute atomic E-state index is 0.944. The van der Waals surface area contributed by atoms with Crippen molar-refractivity contribution in [2.24, 2.45) is 0 Å². The maximum atomic E-state index is 4.88. The second-order valence-electron chi connectivity index (χ2n) is 10.1. The van der Waals surface area contributed by atoms with Crippen molar-refractivity contribution in [1.82, 2.24) is 9.38 Å². The van der Waals surface area contributed by atoms with Crippen molar-refractivity contribution in [3.8, 4) is 33.5 Å². The molecule has 0 unspecified atom stereocenters. The van der Waals surface area contributed by atoms with Crippen molar-refractivity contribution >= 4 is 38.0 Å². The summed E-state index contributed by atoms with van der Waals surface area (Å²) in [6.07, 6.45) is 4.35. The van der Waals surface area contributed by atoms with E-state index in [4.69, 9.17) is 4.98 Å². The van der Waals surface area contributed by atoms with Gasteiger partial charge in [-0.05, 0) is 72.8 Å². The standard InChI is InChI=1S/C37H24N2/c1-2-11-26(12-3-1)34-24-39-23-29(20-21-35(39)38-34)37-32-16-8-6-14-30(32)36(31-15-7-9-17-33(31)37)28-19-18-25-10-4-5-13-27(25)22-28/h1-24H. The van der Waals surface area contributed by atoms with E-state index in [2.05, 4.69) is 144 Å². The average Bonchev–Trinajstić information content (AvgIpc) is 3.44. The summed E-state index contributed by atoms with van der Waals surface area (Å²) in [6.45, 7) is 0. The molecule has 0 radical (unpaired) electrons. The smallest absolute Gasteiger partial charge is 0.137 e. The van der Waals surface area contributed by atoms with Crippen LogP contribution in [0.2, 0.25) is 0 Å². The summed E-state index contributed by atoms with van der Waals surface area (Å²) in [5, 5.41) is 7.54. The Kier molecular flexibility index (Phi) is 4.86. The monoisotopic (exact) mass is 496 g/mol. The van der Waals surface area contributed by atoms with Crippen LogP contribution in [0.3, 0.4) is 0 Å². The highest BCUT2D eigenvalue weighted by molar-refractivity contribution is 6.21. The molecule has 8 aromatic rings. The van der Waals surface area contributed by atoms with Gasteiger partial charge in [-0.15, -0.1) is 0 Å². The van der Waals surface area contributed by atoms with E-state index in [-0.39, 0.29) is 0 Å². The Morgan fingerprint density at radius 3 is 1.67 bits per heavy atom. The molecule has 0 atom stereocenters. The van der Waals surface area contributed by atoms with Gasteiger partial charge in [0.15, 0.2) is 0 Å². The van der Waals surface area contributed by atoms with E-state index in [1.54, 1.807) is 0 Å². The lowest BCUT2D eigenvalue weighted by Crippen LogP contribution is -1.92. The molecule has 2 heteroatoms. The van der Waals surface area contributed by atoms with Gasteiger partial charge in [0.05, 0.1) is 5.69 Å². The van der Waals surface area contributed by atoms with Gasteiger partial charge in [0.25, 0.3) is 0 Å². The average molecular weight is 497 g/mol. The van der Waals surface area contributed by atoms with Crippen LogP contribution in [0.15, 0.2) is 146 Å². The molecule has 0 aliphatic carbocycles. The number of hydrogen-bond donors (Lipinski definition) is 0. The van der Waals surface area contributed by atoms with Crippen LogP contribution >= 0.6 is 0 Å². The molecule has 0 aliphatic heterocycles. The zero-order valence-electron chi connectivity index (χ0n) is 21.3. The third-order valence-electron chi connectivity index (χ3n) is 7.78. The van der Waals surface area contributed by atoms with Gasteiger partial charge in [-0.25, -0.2) is 4.98 Å². The molecule has 2 heterocycles. The first-order valence-electron chi connectivity index (χ1n) is 13.3. The first-order chi connectivity index (χ1) is 19.3. The summed E-state index contributed by atoms with van der Waals surface area (Å²) in [4.78, 5) is 4.88. The lowest BCUT2D eigenvalue weighted by atomic mass is 9.86. The van der Waals surface area contributed by atoms with Crippen LogP contribution in [0.4, 0.5) is 0 Å². The molecule has 0 spiro atoms.